The number of aliphatic hydroxyl groups is 1. The average molecular weight is 359 g/mol. The SMILES string of the molecule is CC(=O)O[C@@H]1[C@@H](OC(=O)c2ccccc2)[C@@H](CBr)O[C@@H]1O. The summed E-state index contributed by atoms with van der Waals surface area (Å²) in [5, 5.41) is 10.1. The fraction of sp³-hybridized carbons (Fsp3) is 0.429. The number of rotatable bonds is 4. The van der Waals surface area contributed by atoms with Crippen LogP contribution in [0.4, 0.5) is 0 Å². The number of benzene rings is 1. The van der Waals surface area contributed by atoms with Gasteiger partial charge in [0, 0.05) is 12.3 Å². The van der Waals surface area contributed by atoms with Gasteiger partial charge in [-0.05, 0) is 12.1 Å². The summed E-state index contributed by atoms with van der Waals surface area (Å²) in [6, 6.07) is 8.42. The minimum Gasteiger partial charge on any atom is -0.453 e. The quantitative estimate of drug-likeness (QED) is 0.644. The smallest absolute Gasteiger partial charge is 0.338 e. The van der Waals surface area contributed by atoms with Gasteiger partial charge >= 0.3 is 11.9 Å². The number of alkyl halides is 1. The van der Waals surface area contributed by atoms with Crippen LogP contribution in [0.2, 0.25) is 0 Å². The molecule has 6 nitrogen and oxygen atoms in total. The predicted octanol–water partition coefficient (Wildman–Crippen LogP) is 1.26. The maximum atomic E-state index is 12.1. The van der Waals surface area contributed by atoms with Crippen LogP contribution in [0.15, 0.2) is 30.3 Å². The van der Waals surface area contributed by atoms with E-state index in [4.69, 9.17) is 14.2 Å². The zero-order valence-electron chi connectivity index (χ0n) is 11.3. The minimum absolute atomic E-state index is 0.328. The van der Waals surface area contributed by atoms with Crippen molar-refractivity contribution in [2.75, 3.05) is 5.33 Å². The van der Waals surface area contributed by atoms with Gasteiger partial charge in [-0.1, -0.05) is 34.1 Å². The normalized spacial score (nSPS) is 28.1. The van der Waals surface area contributed by atoms with Gasteiger partial charge in [-0.2, -0.15) is 0 Å². The molecule has 0 aromatic heterocycles. The third kappa shape index (κ3) is 3.81. The average Bonchev–Trinajstić information content (AvgIpc) is 2.76. The lowest BCUT2D eigenvalue weighted by atomic mass is 10.1. The summed E-state index contributed by atoms with van der Waals surface area (Å²) in [6.45, 7) is 1.21. The van der Waals surface area contributed by atoms with E-state index in [0.717, 1.165) is 0 Å². The zero-order chi connectivity index (χ0) is 15.4. The van der Waals surface area contributed by atoms with Gasteiger partial charge in [0.2, 0.25) is 0 Å². The Labute approximate surface area is 130 Å². The van der Waals surface area contributed by atoms with Crippen molar-refractivity contribution >= 4 is 27.9 Å². The Kier molecular flexibility index (Phi) is 5.33. The summed E-state index contributed by atoms with van der Waals surface area (Å²) in [6.07, 6.45) is -3.85. The lowest BCUT2D eigenvalue weighted by Crippen LogP contribution is -2.40. The highest BCUT2D eigenvalue weighted by molar-refractivity contribution is 9.09. The molecule has 1 aromatic carbocycles. The highest BCUT2D eigenvalue weighted by atomic mass is 79.9. The number of hydrogen-bond donors (Lipinski definition) is 1. The Morgan fingerprint density at radius 3 is 2.48 bits per heavy atom. The summed E-state index contributed by atoms with van der Waals surface area (Å²) >= 11 is 3.22. The van der Waals surface area contributed by atoms with E-state index in [1.165, 1.54) is 6.92 Å². The van der Waals surface area contributed by atoms with E-state index < -0.39 is 36.5 Å². The lowest BCUT2D eigenvalue weighted by Gasteiger charge is -2.22. The van der Waals surface area contributed by atoms with Crippen molar-refractivity contribution in [1.29, 1.82) is 0 Å². The molecule has 7 heteroatoms. The van der Waals surface area contributed by atoms with Crippen LogP contribution in [0.25, 0.3) is 0 Å². The van der Waals surface area contributed by atoms with Crippen molar-refractivity contribution in [2.45, 2.75) is 31.5 Å². The van der Waals surface area contributed by atoms with Gasteiger partial charge in [-0.25, -0.2) is 4.79 Å². The van der Waals surface area contributed by atoms with Crippen molar-refractivity contribution in [2.24, 2.45) is 0 Å². The van der Waals surface area contributed by atoms with Crippen LogP contribution >= 0.6 is 15.9 Å². The molecule has 0 aliphatic carbocycles. The molecule has 1 fully saturated rings. The maximum Gasteiger partial charge on any atom is 0.338 e. The van der Waals surface area contributed by atoms with Crippen LogP contribution in [0, 0.1) is 0 Å². The molecule has 1 aliphatic heterocycles. The molecular formula is C14H15BrO6. The van der Waals surface area contributed by atoms with Crippen LogP contribution in [-0.4, -0.2) is 47.0 Å². The maximum absolute atomic E-state index is 12.1. The second-order valence-corrected chi connectivity index (χ2v) is 5.18. The molecule has 0 spiro atoms. The summed E-state index contributed by atoms with van der Waals surface area (Å²) in [5.74, 6) is -1.15. The van der Waals surface area contributed by atoms with Crippen LogP contribution in [0.3, 0.4) is 0 Å². The second-order valence-electron chi connectivity index (χ2n) is 4.53. The molecule has 2 rings (SSSR count). The Morgan fingerprint density at radius 2 is 1.90 bits per heavy atom. The lowest BCUT2D eigenvalue weighted by molar-refractivity contribution is -0.169. The van der Waals surface area contributed by atoms with Crippen molar-refractivity contribution in [3.8, 4) is 0 Å². The second kappa shape index (κ2) is 7.02. The number of aliphatic hydroxyl groups excluding tert-OH is 1. The van der Waals surface area contributed by atoms with Gasteiger partial charge in [0.15, 0.2) is 18.5 Å². The van der Waals surface area contributed by atoms with Crippen LogP contribution in [0.1, 0.15) is 17.3 Å². The monoisotopic (exact) mass is 358 g/mol. The zero-order valence-corrected chi connectivity index (χ0v) is 12.9. The van der Waals surface area contributed by atoms with E-state index >= 15 is 0 Å². The van der Waals surface area contributed by atoms with E-state index in [1.54, 1.807) is 30.3 Å². The number of carbonyl (C=O) groups excluding carboxylic acids is 2. The fourth-order valence-electron chi connectivity index (χ4n) is 2.06. The summed E-state index contributed by atoms with van der Waals surface area (Å²) in [5.41, 5.74) is 0.369. The Morgan fingerprint density at radius 1 is 1.24 bits per heavy atom. The number of hydrogen-bond acceptors (Lipinski definition) is 6. The molecule has 1 aromatic rings. The van der Waals surface area contributed by atoms with Crippen molar-refractivity contribution in [3.63, 3.8) is 0 Å². The first-order chi connectivity index (χ1) is 10.0. The van der Waals surface area contributed by atoms with E-state index in [1.807, 2.05) is 0 Å². The van der Waals surface area contributed by atoms with Crippen molar-refractivity contribution < 1.29 is 28.9 Å². The summed E-state index contributed by atoms with van der Waals surface area (Å²) < 4.78 is 15.6. The Balaban J connectivity index is 2.13. The first-order valence-corrected chi connectivity index (χ1v) is 7.48. The van der Waals surface area contributed by atoms with E-state index in [0.29, 0.717) is 10.9 Å². The third-order valence-corrected chi connectivity index (χ3v) is 3.63. The standard InChI is InChI=1S/C14H15BrO6/c1-8(16)19-12-11(10(7-15)20-14(12)18)21-13(17)9-5-3-2-4-6-9/h2-6,10-12,14,18H,7H2,1H3/t10-,11+,12-,14+/m1/s1. The van der Waals surface area contributed by atoms with Crippen LogP contribution in [-0.2, 0) is 19.0 Å². The van der Waals surface area contributed by atoms with Crippen molar-refractivity contribution in [3.05, 3.63) is 35.9 Å². The first kappa shape index (κ1) is 15.9. The molecule has 1 N–H and O–H groups in total. The molecule has 4 atom stereocenters. The minimum atomic E-state index is -1.33. The predicted molar refractivity (Wildman–Crippen MR) is 75.9 cm³/mol. The van der Waals surface area contributed by atoms with Gasteiger partial charge in [0.25, 0.3) is 0 Å². The van der Waals surface area contributed by atoms with Crippen molar-refractivity contribution in [1.82, 2.24) is 0 Å². The fourth-order valence-corrected chi connectivity index (χ4v) is 2.58. The molecular weight excluding hydrogens is 344 g/mol. The Hall–Kier alpha value is -1.44. The Bertz CT molecular complexity index is 505. The van der Waals surface area contributed by atoms with Gasteiger partial charge in [-0.15, -0.1) is 0 Å². The molecule has 1 aliphatic rings. The summed E-state index contributed by atoms with van der Waals surface area (Å²) in [7, 11) is 0. The largest absolute Gasteiger partial charge is 0.453 e. The molecule has 1 saturated heterocycles. The molecule has 1 heterocycles. The van der Waals surface area contributed by atoms with E-state index in [2.05, 4.69) is 15.9 Å². The number of ether oxygens (including phenoxy) is 3. The van der Waals surface area contributed by atoms with Gasteiger partial charge in [-0.3, -0.25) is 4.79 Å². The van der Waals surface area contributed by atoms with Crippen LogP contribution in [0.5, 0.6) is 0 Å². The third-order valence-electron chi connectivity index (χ3n) is 2.99. The first-order valence-electron chi connectivity index (χ1n) is 6.35. The van der Waals surface area contributed by atoms with E-state index in [9.17, 15) is 14.7 Å². The molecule has 0 bridgehead atoms. The number of halogens is 1. The molecule has 0 radical (unpaired) electrons. The highest BCUT2D eigenvalue weighted by Crippen LogP contribution is 2.27. The van der Waals surface area contributed by atoms with Gasteiger partial charge < -0.3 is 19.3 Å². The molecule has 0 saturated carbocycles. The molecule has 21 heavy (non-hydrogen) atoms. The van der Waals surface area contributed by atoms with Gasteiger partial charge in [0.05, 0.1) is 5.56 Å². The highest BCUT2D eigenvalue weighted by Gasteiger charge is 2.48. The number of carbonyl (C=O) groups is 2. The molecule has 0 amide bonds. The van der Waals surface area contributed by atoms with E-state index in [-0.39, 0.29) is 0 Å². The van der Waals surface area contributed by atoms with Crippen LogP contribution < -0.4 is 0 Å². The molecule has 114 valence electrons. The topological polar surface area (TPSA) is 82.1 Å². The molecule has 0 unspecified atom stereocenters. The van der Waals surface area contributed by atoms with Gasteiger partial charge in [0.1, 0.15) is 6.10 Å². The summed E-state index contributed by atoms with van der Waals surface area (Å²) in [4.78, 5) is 23.2. The number of esters is 2.